The molecule has 1 saturated heterocycles. The van der Waals surface area contributed by atoms with Gasteiger partial charge in [0.2, 0.25) is 5.82 Å². The normalized spacial score (nSPS) is 14.3. The number of aromatic hydroxyl groups is 2. The lowest BCUT2D eigenvalue weighted by atomic mass is 9.98. The lowest BCUT2D eigenvalue weighted by Gasteiger charge is -2.34. The zero-order valence-corrected chi connectivity index (χ0v) is 25.0. The minimum atomic E-state index is -0.372. The molecule has 1 amide bonds. The summed E-state index contributed by atoms with van der Waals surface area (Å²) in [5.74, 6) is -0.221. The van der Waals surface area contributed by atoms with Crippen LogP contribution in [0.5, 0.6) is 11.5 Å². The van der Waals surface area contributed by atoms with E-state index in [2.05, 4.69) is 25.3 Å². The molecule has 11 heteroatoms. The minimum absolute atomic E-state index is 0.00289. The van der Waals surface area contributed by atoms with E-state index < -0.39 is 0 Å². The zero-order valence-electron chi connectivity index (χ0n) is 25.0. The Hall–Kier alpha value is -3.96. The molecule has 4 rings (SSSR count). The fourth-order valence-electron chi connectivity index (χ4n) is 5.19. The molecule has 42 heavy (non-hydrogen) atoms. The Morgan fingerprint density at radius 1 is 0.976 bits per heavy atom. The molecule has 1 aliphatic rings. The van der Waals surface area contributed by atoms with Crippen molar-refractivity contribution in [2.45, 2.75) is 53.0 Å². The van der Waals surface area contributed by atoms with Crippen LogP contribution in [0.15, 0.2) is 36.4 Å². The maximum Gasteiger partial charge on any atom is 0.305 e. The van der Waals surface area contributed by atoms with E-state index in [0.717, 1.165) is 51.3 Å². The van der Waals surface area contributed by atoms with Crippen LogP contribution in [0.1, 0.15) is 68.2 Å². The molecular weight excluding hydrogens is 536 g/mol. The number of benzene rings is 2. The van der Waals surface area contributed by atoms with E-state index in [9.17, 15) is 19.8 Å². The van der Waals surface area contributed by atoms with Crippen LogP contribution in [-0.2, 0) is 16.1 Å². The molecule has 11 nitrogen and oxygen atoms in total. The molecule has 226 valence electrons. The summed E-state index contributed by atoms with van der Waals surface area (Å²) >= 11 is 0. The van der Waals surface area contributed by atoms with Gasteiger partial charge in [-0.15, -0.1) is 10.2 Å². The molecular formula is C31H42N6O5. The second-order valence-corrected chi connectivity index (χ2v) is 10.8. The van der Waals surface area contributed by atoms with Gasteiger partial charge < -0.3 is 25.2 Å². The van der Waals surface area contributed by atoms with Crippen LogP contribution < -0.4 is 5.32 Å². The maximum absolute atomic E-state index is 12.9. The Bertz CT molecular complexity index is 1360. The van der Waals surface area contributed by atoms with E-state index in [1.807, 2.05) is 52.0 Å². The molecule has 0 spiro atoms. The fraction of sp³-hybridized carbons (Fsp3) is 0.484. The highest BCUT2D eigenvalue weighted by molar-refractivity contribution is 5.92. The van der Waals surface area contributed by atoms with Crippen molar-refractivity contribution in [1.82, 2.24) is 29.9 Å². The molecule has 0 unspecified atom stereocenters. The van der Waals surface area contributed by atoms with Crippen LogP contribution in [0.25, 0.3) is 17.1 Å². The molecule has 0 saturated carbocycles. The van der Waals surface area contributed by atoms with Crippen molar-refractivity contribution < 1.29 is 24.5 Å². The summed E-state index contributed by atoms with van der Waals surface area (Å²) in [4.78, 5) is 29.3. The number of phenols is 2. The first-order valence-electron chi connectivity index (χ1n) is 14.7. The number of carbonyl (C=O) groups is 2. The van der Waals surface area contributed by atoms with E-state index in [4.69, 9.17) is 4.74 Å². The maximum atomic E-state index is 12.9. The van der Waals surface area contributed by atoms with Crippen LogP contribution in [0, 0.1) is 0 Å². The molecule has 3 aromatic rings. The van der Waals surface area contributed by atoms with Gasteiger partial charge >= 0.3 is 5.97 Å². The standard InChI is InChI=1S/C31H42N6O5/c1-5-32-31(41)30-34-33-29(25-18-24(21(3)4)26(38)19-27(25)39)37(30)23-11-9-22(10-12-23)20-36-16-14-35(15-17-36)13-7-8-28(40)42-6-2/h9-12,18-19,21,38-39H,5-8,13-17,20H2,1-4H3,(H,32,41). The second-order valence-electron chi connectivity index (χ2n) is 10.8. The third kappa shape index (κ3) is 7.46. The van der Waals surface area contributed by atoms with Crippen molar-refractivity contribution in [2.75, 3.05) is 45.9 Å². The number of carbonyl (C=O) groups excluding carboxylic acids is 2. The molecule has 2 heterocycles. The van der Waals surface area contributed by atoms with Gasteiger partial charge in [-0.05, 0) is 62.1 Å². The SMILES string of the molecule is CCNC(=O)c1nnc(-c2cc(C(C)C)c(O)cc2O)n1-c1ccc(CN2CCN(CCCC(=O)OCC)CC2)cc1. The zero-order chi connectivity index (χ0) is 30.2. The van der Waals surface area contributed by atoms with Crippen molar-refractivity contribution >= 4 is 11.9 Å². The summed E-state index contributed by atoms with van der Waals surface area (Å²) in [5.41, 5.74) is 2.86. The number of phenolic OH excluding ortho intramolecular Hbond substituents is 2. The largest absolute Gasteiger partial charge is 0.508 e. The average Bonchev–Trinajstić information content (AvgIpc) is 3.39. The van der Waals surface area contributed by atoms with E-state index in [0.29, 0.717) is 42.2 Å². The quantitative estimate of drug-likeness (QED) is 0.275. The number of nitrogens with one attached hydrogen (secondary N) is 1. The first kappa shape index (κ1) is 31.0. The van der Waals surface area contributed by atoms with Gasteiger partial charge in [0.15, 0.2) is 5.82 Å². The monoisotopic (exact) mass is 578 g/mol. The Balaban J connectivity index is 1.49. The molecule has 0 bridgehead atoms. The van der Waals surface area contributed by atoms with Gasteiger partial charge in [0, 0.05) is 57.4 Å². The number of aromatic nitrogens is 3. The van der Waals surface area contributed by atoms with E-state index in [1.165, 1.54) is 6.07 Å². The van der Waals surface area contributed by atoms with Crippen molar-refractivity contribution in [3.63, 3.8) is 0 Å². The summed E-state index contributed by atoms with van der Waals surface area (Å²) in [6.45, 7) is 13.9. The molecule has 1 fully saturated rings. The van der Waals surface area contributed by atoms with Crippen LogP contribution >= 0.6 is 0 Å². The van der Waals surface area contributed by atoms with Gasteiger partial charge in [-0.3, -0.25) is 19.1 Å². The van der Waals surface area contributed by atoms with Gasteiger partial charge in [-0.2, -0.15) is 0 Å². The first-order valence-corrected chi connectivity index (χ1v) is 14.7. The van der Waals surface area contributed by atoms with E-state index in [1.54, 1.807) is 10.6 Å². The number of nitrogens with zero attached hydrogens (tertiary/aromatic N) is 5. The third-order valence-electron chi connectivity index (χ3n) is 7.44. The summed E-state index contributed by atoms with van der Waals surface area (Å²) in [6.07, 6.45) is 1.27. The third-order valence-corrected chi connectivity index (χ3v) is 7.44. The number of rotatable bonds is 12. The van der Waals surface area contributed by atoms with Crippen LogP contribution in [-0.4, -0.2) is 92.5 Å². The molecule has 1 aromatic heterocycles. The van der Waals surface area contributed by atoms with Gasteiger partial charge in [-0.25, -0.2) is 0 Å². The second kappa shape index (κ2) is 14.3. The average molecular weight is 579 g/mol. The lowest BCUT2D eigenvalue weighted by molar-refractivity contribution is -0.143. The van der Waals surface area contributed by atoms with Gasteiger partial charge in [0.25, 0.3) is 5.91 Å². The molecule has 2 aromatic carbocycles. The number of ether oxygens (including phenoxy) is 1. The first-order chi connectivity index (χ1) is 20.2. The summed E-state index contributed by atoms with van der Waals surface area (Å²) in [6, 6.07) is 10.9. The Morgan fingerprint density at radius 2 is 1.67 bits per heavy atom. The predicted octanol–water partition coefficient (Wildman–Crippen LogP) is 3.68. The number of piperazine rings is 1. The van der Waals surface area contributed by atoms with Crippen molar-refractivity contribution in [2.24, 2.45) is 0 Å². The molecule has 0 atom stereocenters. The molecule has 0 aliphatic carbocycles. The highest BCUT2D eigenvalue weighted by atomic mass is 16.5. The van der Waals surface area contributed by atoms with Crippen molar-refractivity contribution in [1.29, 1.82) is 0 Å². The predicted molar refractivity (Wildman–Crippen MR) is 160 cm³/mol. The highest BCUT2D eigenvalue weighted by Gasteiger charge is 2.24. The van der Waals surface area contributed by atoms with Crippen LogP contribution in [0.3, 0.4) is 0 Å². The smallest absolute Gasteiger partial charge is 0.305 e. The number of hydrogen-bond acceptors (Lipinski definition) is 9. The van der Waals surface area contributed by atoms with E-state index in [-0.39, 0.29) is 35.1 Å². The lowest BCUT2D eigenvalue weighted by Crippen LogP contribution is -2.46. The minimum Gasteiger partial charge on any atom is -0.508 e. The number of hydrogen-bond donors (Lipinski definition) is 3. The Kier molecular flexibility index (Phi) is 10.5. The fourth-order valence-corrected chi connectivity index (χ4v) is 5.19. The Labute approximate surface area is 247 Å². The van der Waals surface area contributed by atoms with E-state index >= 15 is 0 Å². The summed E-state index contributed by atoms with van der Waals surface area (Å²) in [7, 11) is 0. The topological polar surface area (TPSA) is 133 Å². The van der Waals surface area contributed by atoms with Crippen molar-refractivity contribution in [3.8, 4) is 28.6 Å². The molecule has 1 aliphatic heterocycles. The van der Waals surface area contributed by atoms with Gasteiger partial charge in [-0.1, -0.05) is 26.0 Å². The summed E-state index contributed by atoms with van der Waals surface area (Å²) < 4.78 is 6.65. The van der Waals surface area contributed by atoms with Gasteiger partial charge in [0.1, 0.15) is 11.5 Å². The molecule has 3 N–H and O–H groups in total. The Morgan fingerprint density at radius 3 is 2.31 bits per heavy atom. The van der Waals surface area contributed by atoms with Crippen LogP contribution in [0.4, 0.5) is 0 Å². The van der Waals surface area contributed by atoms with Crippen LogP contribution in [0.2, 0.25) is 0 Å². The number of amides is 1. The number of esters is 1. The molecule has 0 radical (unpaired) electrons. The summed E-state index contributed by atoms with van der Waals surface area (Å²) in [5, 5.41) is 32.3. The van der Waals surface area contributed by atoms with Crippen molar-refractivity contribution in [3.05, 3.63) is 53.3 Å². The highest BCUT2D eigenvalue weighted by Crippen LogP contribution is 2.38. The van der Waals surface area contributed by atoms with Gasteiger partial charge in [0.05, 0.1) is 12.2 Å².